The third-order valence-electron chi connectivity index (χ3n) is 3.12. The molecular weight excluding hydrogens is 316 g/mol. The van der Waals surface area contributed by atoms with Gasteiger partial charge in [0, 0.05) is 5.69 Å². The first-order valence-electron chi connectivity index (χ1n) is 6.87. The Balaban J connectivity index is 2.04. The highest BCUT2D eigenvalue weighted by atomic mass is 32.2. The Kier molecular flexibility index (Phi) is 5.15. The van der Waals surface area contributed by atoms with Crippen molar-refractivity contribution in [2.24, 2.45) is 0 Å². The van der Waals surface area contributed by atoms with E-state index in [9.17, 15) is 8.42 Å². The zero-order valence-corrected chi connectivity index (χ0v) is 14.0. The molecule has 0 atom stereocenters. The monoisotopic (exact) mass is 334 g/mol. The molecule has 0 aliphatic rings. The molecule has 0 heterocycles. The van der Waals surface area contributed by atoms with Gasteiger partial charge in [0.15, 0.2) is 5.11 Å². The second-order valence-electron chi connectivity index (χ2n) is 5.15. The second-order valence-corrected chi connectivity index (χ2v) is 7.24. The molecule has 0 bridgehead atoms. The van der Waals surface area contributed by atoms with Crippen molar-refractivity contribution in [3.8, 4) is 0 Å². The topological polar surface area (TPSA) is 58.2 Å². The van der Waals surface area contributed by atoms with Gasteiger partial charge in [-0.15, -0.1) is 0 Å². The van der Waals surface area contributed by atoms with Crippen molar-refractivity contribution in [3.05, 3.63) is 60.2 Å². The van der Waals surface area contributed by atoms with Crippen LogP contribution in [0.1, 0.15) is 25.3 Å². The van der Waals surface area contributed by atoms with E-state index >= 15 is 0 Å². The maximum absolute atomic E-state index is 12.1. The van der Waals surface area contributed by atoms with Gasteiger partial charge in [-0.1, -0.05) is 44.2 Å². The fraction of sp³-hybridized carbons (Fsp3) is 0.188. The molecule has 0 radical (unpaired) electrons. The molecule has 6 heteroatoms. The molecule has 22 heavy (non-hydrogen) atoms. The number of thiocarbonyl (C=S) groups is 1. The van der Waals surface area contributed by atoms with Crippen LogP contribution in [-0.4, -0.2) is 13.5 Å². The largest absolute Gasteiger partial charge is 0.332 e. The Bertz CT molecular complexity index is 739. The molecule has 0 fully saturated rings. The fourth-order valence-electron chi connectivity index (χ4n) is 1.89. The lowest BCUT2D eigenvalue weighted by molar-refractivity contribution is 0.593. The van der Waals surface area contributed by atoms with Crippen LogP contribution in [0.3, 0.4) is 0 Å². The van der Waals surface area contributed by atoms with Crippen LogP contribution in [0.2, 0.25) is 0 Å². The van der Waals surface area contributed by atoms with Gasteiger partial charge < -0.3 is 5.32 Å². The number of sulfonamides is 1. The van der Waals surface area contributed by atoms with Crippen LogP contribution < -0.4 is 10.0 Å². The number of hydrogen-bond donors (Lipinski definition) is 2. The molecule has 0 saturated heterocycles. The van der Waals surface area contributed by atoms with Gasteiger partial charge in [-0.3, -0.25) is 4.72 Å². The van der Waals surface area contributed by atoms with E-state index in [1.54, 1.807) is 18.2 Å². The second kappa shape index (κ2) is 6.89. The van der Waals surface area contributed by atoms with E-state index in [4.69, 9.17) is 12.2 Å². The Morgan fingerprint density at radius 2 is 1.59 bits per heavy atom. The summed E-state index contributed by atoms with van der Waals surface area (Å²) in [6, 6.07) is 15.8. The molecule has 2 rings (SSSR count). The normalized spacial score (nSPS) is 11.2. The minimum Gasteiger partial charge on any atom is -0.332 e. The van der Waals surface area contributed by atoms with E-state index in [0.29, 0.717) is 5.92 Å². The van der Waals surface area contributed by atoms with Crippen LogP contribution in [0.4, 0.5) is 5.69 Å². The molecule has 4 nitrogen and oxygen atoms in total. The van der Waals surface area contributed by atoms with E-state index in [2.05, 4.69) is 23.9 Å². The highest BCUT2D eigenvalue weighted by Gasteiger charge is 2.14. The first-order valence-corrected chi connectivity index (χ1v) is 8.76. The molecular formula is C16H18N2O2S2. The van der Waals surface area contributed by atoms with Crippen molar-refractivity contribution in [2.45, 2.75) is 24.7 Å². The Hall–Kier alpha value is -1.92. The molecule has 2 N–H and O–H groups in total. The van der Waals surface area contributed by atoms with Crippen molar-refractivity contribution < 1.29 is 8.42 Å². The first-order chi connectivity index (χ1) is 10.4. The standard InChI is InChI=1S/C16H18N2O2S2/c1-12(2)13-8-10-14(11-9-13)17-16(21)18-22(19,20)15-6-4-3-5-7-15/h3-12H,1-2H3,(H2,17,18,21). The predicted molar refractivity (Wildman–Crippen MR) is 93.5 cm³/mol. The minimum atomic E-state index is -3.65. The van der Waals surface area contributed by atoms with Gasteiger partial charge in [0.1, 0.15) is 0 Å². The summed E-state index contributed by atoms with van der Waals surface area (Å²) in [4.78, 5) is 0.175. The molecule has 0 aliphatic carbocycles. The van der Waals surface area contributed by atoms with Crippen LogP contribution in [-0.2, 0) is 10.0 Å². The van der Waals surface area contributed by atoms with Gasteiger partial charge in [-0.05, 0) is 48.0 Å². The predicted octanol–water partition coefficient (Wildman–Crippen LogP) is 3.49. The Morgan fingerprint density at radius 1 is 1.00 bits per heavy atom. The molecule has 0 unspecified atom stereocenters. The maximum atomic E-state index is 12.1. The number of rotatable bonds is 4. The summed E-state index contributed by atoms with van der Waals surface area (Å²) in [5, 5.41) is 2.92. The van der Waals surface area contributed by atoms with Gasteiger partial charge in [0.05, 0.1) is 4.90 Å². The number of benzene rings is 2. The molecule has 0 spiro atoms. The summed E-state index contributed by atoms with van der Waals surface area (Å²) in [7, 11) is -3.65. The molecule has 0 aliphatic heterocycles. The third-order valence-corrected chi connectivity index (χ3v) is 4.81. The van der Waals surface area contributed by atoms with Crippen LogP contribution in [0.5, 0.6) is 0 Å². The quantitative estimate of drug-likeness (QED) is 0.841. The number of hydrogen-bond acceptors (Lipinski definition) is 3. The highest BCUT2D eigenvalue weighted by molar-refractivity contribution is 7.92. The van der Waals surface area contributed by atoms with E-state index < -0.39 is 10.0 Å². The Labute approximate surface area is 136 Å². The molecule has 0 saturated carbocycles. The average Bonchev–Trinajstić information content (AvgIpc) is 2.48. The number of nitrogens with one attached hydrogen (secondary N) is 2. The average molecular weight is 334 g/mol. The lowest BCUT2D eigenvalue weighted by Crippen LogP contribution is -2.34. The van der Waals surface area contributed by atoms with E-state index in [0.717, 1.165) is 5.69 Å². The SMILES string of the molecule is CC(C)c1ccc(NC(=S)NS(=O)(=O)c2ccccc2)cc1. The van der Waals surface area contributed by atoms with Gasteiger partial charge >= 0.3 is 0 Å². The summed E-state index contributed by atoms with van der Waals surface area (Å²) in [6.07, 6.45) is 0. The van der Waals surface area contributed by atoms with Gasteiger partial charge in [0.25, 0.3) is 10.0 Å². The van der Waals surface area contributed by atoms with Gasteiger partial charge in [0.2, 0.25) is 0 Å². The first kappa shape index (κ1) is 16.5. The van der Waals surface area contributed by atoms with Crippen molar-refractivity contribution in [3.63, 3.8) is 0 Å². The van der Waals surface area contributed by atoms with Crippen molar-refractivity contribution >= 4 is 33.0 Å². The third kappa shape index (κ3) is 4.29. The smallest absolute Gasteiger partial charge is 0.263 e. The molecule has 0 aromatic heterocycles. The summed E-state index contributed by atoms with van der Waals surface area (Å²) in [5.74, 6) is 0.442. The molecule has 2 aromatic carbocycles. The van der Waals surface area contributed by atoms with E-state index in [1.807, 2.05) is 24.3 Å². The molecule has 0 amide bonds. The molecule has 2 aromatic rings. The van der Waals surface area contributed by atoms with Crippen LogP contribution >= 0.6 is 12.2 Å². The summed E-state index contributed by atoms with van der Waals surface area (Å²) in [6.45, 7) is 4.22. The van der Waals surface area contributed by atoms with Crippen molar-refractivity contribution in [1.82, 2.24) is 4.72 Å². The highest BCUT2D eigenvalue weighted by Crippen LogP contribution is 2.17. The van der Waals surface area contributed by atoms with E-state index in [-0.39, 0.29) is 10.0 Å². The lowest BCUT2D eigenvalue weighted by Gasteiger charge is -2.12. The van der Waals surface area contributed by atoms with E-state index in [1.165, 1.54) is 17.7 Å². The van der Waals surface area contributed by atoms with Gasteiger partial charge in [-0.2, -0.15) is 0 Å². The van der Waals surface area contributed by atoms with Crippen LogP contribution in [0, 0.1) is 0 Å². The lowest BCUT2D eigenvalue weighted by atomic mass is 10.0. The van der Waals surface area contributed by atoms with Gasteiger partial charge in [-0.25, -0.2) is 8.42 Å². The summed E-state index contributed by atoms with van der Waals surface area (Å²) < 4.78 is 26.6. The van der Waals surface area contributed by atoms with Crippen LogP contribution in [0.25, 0.3) is 0 Å². The summed E-state index contributed by atoms with van der Waals surface area (Å²) in [5.41, 5.74) is 1.95. The Morgan fingerprint density at radius 3 is 2.14 bits per heavy atom. The molecule has 116 valence electrons. The zero-order chi connectivity index (χ0) is 16.2. The zero-order valence-electron chi connectivity index (χ0n) is 12.4. The minimum absolute atomic E-state index is 0.0427. The maximum Gasteiger partial charge on any atom is 0.263 e. The van der Waals surface area contributed by atoms with Crippen LogP contribution in [0.15, 0.2) is 59.5 Å². The number of anilines is 1. The van der Waals surface area contributed by atoms with Crippen molar-refractivity contribution in [1.29, 1.82) is 0 Å². The van der Waals surface area contributed by atoms with Crippen molar-refractivity contribution in [2.75, 3.05) is 5.32 Å². The summed E-state index contributed by atoms with van der Waals surface area (Å²) >= 11 is 5.07. The fourth-order valence-corrected chi connectivity index (χ4v) is 3.26.